The maximum atomic E-state index is 13.3. The molecule has 2 N–H and O–H groups in total. The Morgan fingerprint density at radius 1 is 1.00 bits per heavy atom. The van der Waals surface area contributed by atoms with Crippen LogP contribution in [0.1, 0.15) is 31.4 Å². The van der Waals surface area contributed by atoms with Crippen molar-refractivity contribution in [1.82, 2.24) is 24.1 Å². The molecule has 0 saturated heterocycles. The Balaban J connectivity index is 1.74. The molecule has 0 saturated carbocycles. The maximum Gasteiger partial charge on any atom is 0.352 e. The first kappa shape index (κ1) is 23.9. The van der Waals surface area contributed by atoms with Gasteiger partial charge in [-0.1, -0.05) is 24.3 Å². The fraction of sp³-hybridized carbons (Fsp3) is 0.320. The van der Waals surface area contributed by atoms with Gasteiger partial charge in [0.15, 0.2) is 0 Å². The second kappa shape index (κ2) is 9.57. The van der Waals surface area contributed by atoms with E-state index in [1.807, 2.05) is 39.8 Å². The summed E-state index contributed by atoms with van der Waals surface area (Å²) in [6, 6.07) is 12.3. The molecule has 0 atom stereocenters. The number of benzene rings is 2. The van der Waals surface area contributed by atoms with Crippen LogP contribution in [0.3, 0.4) is 0 Å². The number of hydrogen-bond donors (Lipinski definition) is 2. The predicted molar refractivity (Wildman–Crippen MR) is 134 cm³/mol. The van der Waals surface area contributed by atoms with Gasteiger partial charge in [-0.15, -0.1) is 5.10 Å². The monoisotopic (exact) mass is 476 g/mol. The molecule has 0 spiro atoms. The minimum Gasteiger partial charge on any atom is -0.354 e. The zero-order valence-corrected chi connectivity index (χ0v) is 20.2. The van der Waals surface area contributed by atoms with Gasteiger partial charge in [0, 0.05) is 24.7 Å². The van der Waals surface area contributed by atoms with Crippen molar-refractivity contribution >= 4 is 34.2 Å². The zero-order valence-electron chi connectivity index (χ0n) is 20.2. The van der Waals surface area contributed by atoms with Gasteiger partial charge in [-0.3, -0.25) is 19.0 Å². The van der Waals surface area contributed by atoms with E-state index in [0.717, 1.165) is 15.8 Å². The summed E-state index contributed by atoms with van der Waals surface area (Å²) >= 11 is 0. The van der Waals surface area contributed by atoms with Crippen LogP contribution in [0.4, 0.5) is 5.69 Å². The summed E-state index contributed by atoms with van der Waals surface area (Å²) in [5.74, 6) is -0.554. The number of fused-ring (bicyclic) bond motifs is 3. The number of nitrogens with one attached hydrogen (secondary N) is 2. The summed E-state index contributed by atoms with van der Waals surface area (Å²) in [6.07, 6.45) is 0.0419. The quantitative estimate of drug-likeness (QED) is 0.423. The normalized spacial score (nSPS) is 11.3. The van der Waals surface area contributed by atoms with Crippen LogP contribution in [0.2, 0.25) is 0 Å². The van der Waals surface area contributed by atoms with Crippen molar-refractivity contribution in [2.45, 2.75) is 53.2 Å². The number of nitrogens with zero attached hydrogens (tertiary/aromatic N) is 4. The van der Waals surface area contributed by atoms with Crippen molar-refractivity contribution in [3.8, 4) is 0 Å². The molecule has 0 aliphatic carbocycles. The Bertz CT molecular complexity index is 1560. The first-order valence-corrected chi connectivity index (χ1v) is 11.4. The largest absolute Gasteiger partial charge is 0.354 e. The van der Waals surface area contributed by atoms with E-state index >= 15 is 0 Å². The van der Waals surface area contributed by atoms with Gasteiger partial charge in [-0.25, -0.2) is 13.9 Å². The lowest BCUT2D eigenvalue weighted by Gasteiger charge is -2.11. The van der Waals surface area contributed by atoms with Gasteiger partial charge < -0.3 is 10.6 Å². The molecule has 10 heteroatoms. The van der Waals surface area contributed by atoms with E-state index in [1.165, 1.54) is 8.97 Å². The molecule has 0 aliphatic heterocycles. The molecule has 10 nitrogen and oxygen atoms in total. The average Bonchev–Trinajstić information content (AvgIpc) is 3.12. The van der Waals surface area contributed by atoms with E-state index in [0.29, 0.717) is 16.6 Å². The summed E-state index contributed by atoms with van der Waals surface area (Å²) in [6.45, 7) is 7.26. The van der Waals surface area contributed by atoms with E-state index in [2.05, 4.69) is 15.7 Å². The predicted octanol–water partition coefficient (Wildman–Crippen LogP) is 1.98. The third kappa shape index (κ3) is 4.72. The van der Waals surface area contributed by atoms with Crippen molar-refractivity contribution in [1.29, 1.82) is 0 Å². The van der Waals surface area contributed by atoms with Gasteiger partial charge in [0.25, 0.3) is 5.56 Å². The second-order valence-electron chi connectivity index (χ2n) is 8.82. The van der Waals surface area contributed by atoms with E-state index in [9.17, 15) is 19.2 Å². The van der Waals surface area contributed by atoms with E-state index < -0.39 is 11.6 Å². The number of para-hydroxylation sites is 1. The van der Waals surface area contributed by atoms with Crippen LogP contribution in [0.5, 0.6) is 0 Å². The first-order valence-electron chi connectivity index (χ1n) is 11.4. The SMILES string of the molecule is Cc1cccc(NC(=O)Cn2nc3n(CCC(=O)NC(C)C)c(=O)c4ccccc4n3c2=O)c1C. The number of aryl methyl sites for hydroxylation is 2. The Labute approximate surface area is 201 Å². The highest BCUT2D eigenvalue weighted by Gasteiger charge is 2.19. The number of amides is 2. The van der Waals surface area contributed by atoms with Gasteiger partial charge in [-0.2, -0.15) is 0 Å². The van der Waals surface area contributed by atoms with Crippen LogP contribution in [0.25, 0.3) is 16.7 Å². The van der Waals surface area contributed by atoms with E-state index in [1.54, 1.807) is 30.3 Å². The molecule has 4 aromatic rings. The summed E-state index contributed by atoms with van der Waals surface area (Å²) < 4.78 is 3.65. The molecule has 2 amide bonds. The van der Waals surface area contributed by atoms with Gasteiger partial charge in [0.1, 0.15) is 6.54 Å². The fourth-order valence-corrected chi connectivity index (χ4v) is 3.99. The fourth-order valence-electron chi connectivity index (χ4n) is 3.99. The Morgan fingerprint density at radius 3 is 2.49 bits per heavy atom. The summed E-state index contributed by atoms with van der Waals surface area (Å²) in [5.41, 5.74) is 2.11. The van der Waals surface area contributed by atoms with Crippen LogP contribution < -0.4 is 21.9 Å². The Kier molecular flexibility index (Phi) is 6.54. The summed E-state index contributed by atoms with van der Waals surface area (Å²) in [7, 11) is 0. The van der Waals surface area contributed by atoms with Gasteiger partial charge in [-0.05, 0) is 57.0 Å². The molecule has 182 valence electrons. The molecule has 0 aliphatic rings. The molecular formula is C25H28N6O4. The molecule has 2 aromatic heterocycles. The number of aromatic nitrogens is 4. The van der Waals surface area contributed by atoms with Crippen molar-refractivity contribution in [2.75, 3.05) is 5.32 Å². The number of anilines is 1. The molecular weight excluding hydrogens is 448 g/mol. The number of carbonyl (C=O) groups is 2. The van der Waals surface area contributed by atoms with Crippen molar-refractivity contribution < 1.29 is 9.59 Å². The lowest BCUT2D eigenvalue weighted by molar-refractivity contribution is -0.121. The smallest absolute Gasteiger partial charge is 0.352 e. The first-order chi connectivity index (χ1) is 16.7. The third-order valence-corrected chi connectivity index (χ3v) is 5.87. The standard InChI is InChI=1S/C25H28N6O4/c1-15(2)26-21(32)12-13-29-23(34)18-9-5-6-11-20(18)31-24(29)28-30(25(31)35)14-22(33)27-19-10-7-8-16(3)17(19)4/h5-11,15H,12-14H2,1-4H3,(H,26,32)(H,27,33). The third-order valence-electron chi connectivity index (χ3n) is 5.87. The summed E-state index contributed by atoms with van der Waals surface area (Å²) in [5, 5.41) is 10.3. The van der Waals surface area contributed by atoms with Crippen LogP contribution in [-0.2, 0) is 22.7 Å². The average molecular weight is 477 g/mol. The molecule has 0 bridgehead atoms. The Morgan fingerprint density at radius 2 is 1.74 bits per heavy atom. The highest BCUT2D eigenvalue weighted by Crippen LogP contribution is 2.18. The van der Waals surface area contributed by atoms with Crippen LogP contribution in [-0.4, -0.2) is 36.6 Å². The molecule has 2 aromatic carbocycles. The van der Waals surface area contributed by atoms with Crippen LogP contribution in [0.15, 0.2) is 52.1 Å². The summed E-state index contributed by atoms with van der Waals surface area (Å²) in [4.78, 5) is 51.5. The second-order valence-corrected chi connectivity index (χ2v) is 8.82. The van der Waals surface area contributed by atoms with E-state index in [-0.39, 0.29) is 42.8 Å². The molecule has 35 heavy (non-hydrogen) atoms. The van der Waals surface area contributed by atoms with Gasteiger partial charge in [0.2, 0.25) is 17.6 Å². The van der Waals surface area contributed by atoms with Gasteiger partial charge >= 0.3 is 5.69 Å². The van der Waals surface area contributed by atoms with E-state index in [4.69, 9.17) is 0 Å². The highest BCUT2D eigenvalue weighted by atomic mass is 16.2. The molecule has 2 heterocycles. The minimum absolute atomic E-state index is 0.0341. The minimum atomic E-state index is -0.548. The number of rotatable bonds is 7. The molecule has 4 rings (SSSR count). The molecule has 0 unspecified atom stereocenters. The number of hydrogen-bond acceptors (Lipinski definition) is 5. The van der Waals surface area contributed by atoms with Gasteiger partial charge in [0.05, 0.1) is 10.9 Å². The lowest BCUT2D eigenvalue weighted by atomic mass is 10.1. The number of carbonyl (C=O) groups excluding carboxylic acids is 2. The topological polar surface area (TPSA) is 120 Å². The van der Waals surface area contributed by atoms with Crippen molar-refractivity contribution in [3.05, 3.63) is 74.4 Å². The van der Waals surface area contributed by atoms with Crippen molar-refractivity contribution in [3.63, 3.8) is 0 Å². The lowest BCUT2D eigenvalue weighted by Crippen LogP contribution is -2.33. The molecule has 0 radical (unpaired) electrons. The van der Waals surface area contributed by atoms with Crippen molar-refractivity contribution in [2.24, 2.45) is 0 Å². The van der Waals surface area contributed by atoms with Crippen LogP contribution in [0, 0.1) is 13.8 Å². The zero-order chi connectivity index (χ0) is 25.3. The van der Waals surface area contributed by atoms with Crippen LogP contribution >= 0.6 is 0 Å². The Hall–Kier alpha value is -4.21. The highest BCUT2D eigenvalue weighted by molar-refractivity contribution is 5.91. The molecule has 0 fully saturated rings. The maximum absolute atomic E-state index is 13.3.